The van der Waals surface area contributed by atoms with Crippen LogP contribution in [0.15, 0.2) is 30.3 Å². The van der Waals surface area contributed by atoms with Crippen LogP contribution in [0.5, 0.6) is 0 Å². The summed E-state index contributed by atoms with van der Waals surface area (Å²) in [5.41, 5.74) is 0.770. The van der Waals surface area contributed by atoms with E-state index in [1.54, 1.807) is 0 Å². The van der Waals surface area contributed by atoms with Crippen molar-refractivity contribution < 1.29 is 18.0 Å². The molecule has 0 aliphatic heterocycles. The third kappa shape index (κ3) is 4.01. The number of hydrogen-bond acceptors (Lipinski definition) is 3. The van der Waals surface area contributed by atoms with Gasteiger partial charge >= 0.3 is 0 Å². The molecule has 118 valence electrons. The van der Waals surface area contributed by atoms with Gasteiger partial charge in [-0.15, -0.1) is 0 Å². The highest BCUT2D eigenvalue weighted by molar-refractivity contribution is 5.92. The SMILES string of the molecule is CC(=O)Nc1cc(F)c(F)cc1NCc1cc(F)ccc1C#N. The van der Waals surface area contributed by atoms with E-state index in [1.807, 2.05) is 6.07 Å². The maximum atomic E-state index is 13.4. The third-order valence-corrected chi connectivity index (χ3v) is 3.03. The van der Waals surface area contributed by atoms with Crippen LogP contribution >= 0.6 is 0 Å². The highest BCUT2D eigenvalue weighted by atomic mass is 19.2. The Labute approximate surface area is 130 Å². The largest absolute Gasteiger partial charge is 0.379 e. The standard InChI is InChI=1S/C16H12F3N3O/c1-9(23)22-16-6-14(19)13(18)5-15(16)21-8-11-4-12(17)3-2-10(11)7-20/h2-6,21H,8H2,1H3,(H,22,23). The number of nitrogens with zero attached hydrogens (tertiary/aromatic N) is 1. The Morgan fingerprint density at radius 2 is 1.78 bits per heavy atom. The fourth-order valence-electron chi connectivity index (χ4n) is 1.99. The van der Waals surface area contributed by atoms with Crippen LogP contribution < -0.4 is 10.6 Å². The Morgan fingerprint density at radius 3 is 2.39 bits per heavy atom. The number of amides is 1. The summed E-state index contributed by atoms with van der Waals surface area (Å²) >= 11 is 0. The zero-order valence-electron chi connectivity index (χ0n) is 12.1. The molecular weight excluding hydrogens is 307 g/mol. The number of carbonyl (C=O) groups excluding carboxylic acids is 1. The number of anilines is 2. The van der Waals surface area contributed by atoms with E-state index in [0.717, 1.165) is 18.2 Å². The van der Waals surface area contributed by atoms with Gasteiger partial charge in [-0.2, -0.15) is 5.26 Å². The predicted octanol–water partition coefficient (Wildman–Crippen LogP) is 3.55. The second kappa shape index (κ2) is 6.83. The molecule has 0 spiro atoms. The van der Waals surface area contributed by atoms with Crippen LogP contribution in [-0.4, -0.2) is 5.91 Å². The molecule has 1 amide bonds. The molecule has 0 heterocycles. The minimum absolute atomic E-state index is 0.00168. The van der Waals surface area contributed by atoms with Crippen molar-refractivity contribution in [2.45, 2.75) is 13.5 Å². The molecule has 0 bridgehead atoms. The van der Waals surface area contributed by atoms with Crippen molar-refractivity contribution in [3.05, 3.63) is 58.9 Å². The molecule has 23 heavy (non-hydrogen) atoms. The molecule has 0 aliphatic carbocycles. The summed E-state index contributed by atoms with van der Waals surface area (Å²) in [4.78, 5) is 11.1. The molecule has 4 nitrogen and oxygen atoms in total. The normalized spacial score (nSPS) is 10.0. The molecule has 2 aromatic carbocycles. The van der Waals surface area contributed by atoms with Crippen LogP contribution in [-0.2, 0) is 11.3 Å². The Balaban J connectivity index is 2.30. The van der Waals surface area contributed by atoms with Crippen molar-refractivity contribution in [1.82, 2.24) is 0 Å². The molecule has 0 unspecified atom stereocenters. The monoisotopic (exact) mass is 319 g/mol. The smallest absolute Gasteiger partial charge is 0.221 e. The lowest BCUT2D eigenvalue weighted by Gasteiger charge is -2.14. The lowest BCUT2D eigenvalue weighted by atomic mass is 10.1. The van der Waals surface area contributed by atoms with E-state index >= 15 is 0 Å². The molecule has 0 saturated carbocycles. The van der Waals surface area contributed by atoms with Crippen molar-refractivity contribution in [2.75, 3.05) is 10.6 Å². The molecular formula is C16H12F3N3O. The highest BCUT2D eigenvalue weighted by Crippen LogP contribution is 2.26. The van der Waals surface area contributed by atoms with E-state index in [1.165, 1.54) is 19.1 Å². The van der Waals surface area contributed by atoms with Crippen molar-refractivity contribution in [3.63, 3.8) is 0 Å². The maximum absolute atomic E-state index is 13.4. The lowest BCUT2D eigenvalue weighted by Crippen LogP contribution is -2.11. The summed E-state index contributed by atoms with van der Waals surface area (Å²) in [6.45, 7) is 1.23. The first-order valence-electron chi connectivity index (χ1n) is 6.59. The number of nitriles is 1. The first-order valence-corrected chi connectivity index (χ1v) is 6.59. The molecule has 2 aromatic rings. The molecule has 0 fully saturated rings. The van der Waals surface area contributed by atoms with E-state index in [-0.39, 0.29) is 23.5 Å². The Kier molecular flexibility index (Phi) is 4.86. The predicted molar refractivity (Wildman–Crippen MR) is 79.1 cm³/mol. The van der Waals surface area contributed by atoms with Crippen LogP contribution in [0, 0.1) is 28.8 Å². The Morgan fingerprint density at radius 1 is 1.13 bits per heavy atom. The van der Waals surface area contributed by atoms with Crippen LogP contribution in [0.2, 0.25) is 0 Å². The minimum Gasteiger partial charge on any atom is -0.379 e. The number of halogens is 3. The van der Waals surface area contributed by atoms with Crippen LogP contribution in [0.4, 0.5) is 24.5 Å². The van der Waals surface area contributed by atoms with E-state index in [2.05, 4.69) is 10.6 Å². The van der Waals surface area contributed by atoms with Gasteiger partial charge in [0.15, 0.2) is 11.6 Å². The highest BCUT2D eigenvalue weighted by Gasteiger charge is 2.12. The summed E-state index contributed by atoms with van der Waals surface area (Å²) in [5, 5.41) is 14.1. The molecule has 2 N–H and O–H groups in total. The van der Waals surface area contributed by atoms with Crippen molar-refractivity contribution in [3.8, 4) is 6.07 Å². The second-order valence-electron chi connectivity index (χ2n) is 4.76. The fourth-order valence-corrected chi connectivity index (χ4v) is 1.99. The van der Waals surface area contributed by atoms with Crippen LogP contribution in [0.3, 0.4) is 0 Å². The van der Waals surface area contributed by atoms with E-state index in [4.69, 9.17) is 5.26 Å². The van der Waals surface area contributed by atoms with Crippen molar-refractivity contribution in [2.24, 2.45) is 0 Å². The van der Waals surface area contributed by atoms with Crippen LogP contribution in [0.1, 0.15) is 18.1 Å². The zero-order valence-corrected chi connectivity index (χ0v) is 12.1. The average Bonchev–Trinajstić information content (AvgIpc) is 2.49. The van der Waals surface area contributed by atoms with Gasteiger partial charge in [0.25, 0.3) is 0 Å². The summed E-state index contributed by atoms with van der Waals surface area (Å²) in [7, 11) is 0. The first-order chi connectivity index (χ1) is 10.9. The van der Waals surface area contributed by atoms with Gasteiger partial charge in [-0.05, 0) is 23.8 Å². The quantitative estimate of drug-likeness (QED) is 0.906. The third-order valence-electron chi connectivity index (χ3n) is 3.03. The van der Waals surface area contributed by atoms with Gasteiger partial charge in [0.1, 0.15) is 5.82 Å². The molecule has 0 aromatic heterocycles. The van der Waals surface area contributed by atoms with Gasteiger partial charge in [0.05, 0.1) is 23.0 Å². The summed E-state index contributed by atoms with van der Waals surface area (Å²) in [5.74, 6) is -3.18. The lowest BCUT2D eigenvalue weighted by molar-refractivity contribution is -0.114. The van der Waals surface area contributed by atoms with E-state index < -0.39 is 23.4 Å². The summed E-state index contributed by atoms with van der Waals surface area (Å²) in [6.07, 6.45) is 0. The average molecular weight is 319 g/mol. The molecule has 0 atom stereocenters. The molecule has 7 heteroatoms. The Bertz CT molecular complexity index is 800. The number of carbonyl (C=O) groups is 1. The molecule has 2 rings (SSSR count). The van der Waals surface area contributed by atoms with Gasteiger partial charge < -0.3 is 10.6 Å². The number of rotatable bonds is 4. The van der Waals surface area contributed by atoms with Gasteiger partial charge in [-0.3, -0.25) is 4.79 Å². The number of nitrogens with one attached hydrogen (secondary N) is 2. The van der Waals surface area contributed by atoms with E-state index in [9.17, 15) is 18.0 Å². The van der Waals surface area contributed by atoms with Crippen LogP contribution in [0.25, 0.3) is 0 Å². The minimum atomic E-state index is -1.11. The fraction of sp³-hybridized carbons (Fsp3) is 0.125. The van der Waals surface area contributed by atoms with Gasteiger partial charge in [-0.1, -0.05) is 0 Å². The van der Waals surface area contributed by atoms with Gasteiger partial charge in [0, 0.05) is 25.6 Å². The number of hydrogen-bond donors (Lipinski definition) is 2. The molecule has 0 radical (unpaired) electrons. The summed E-state index contributed by atoms with van der Waals surface area (Å²) in [6, 6.07) is 7.29. The maximum Gasteiger partial charge on any atom is 0.221 e. The molecule has 0 saturated heterocycles. The van der Waals surface area contributed by atoms with Gasteiger partial charge in [-0.25, -0.2) is 13.2 Å². The van der Waals surface area contributed by atoms with Gasteiger partial charge in [0.2, 0.25) is 5.91 Å². The van der Waals surface area contributed by atoms with Crippen molar-refractivity contribution >= 4 is 17.3 Å². The summed E-state index contributed by atoms with van der Waals surface area (Å²) < 4.78 is 40.0. The zero-order chi connectivity index (χ0) is 17.0. The van der Waals surface area contributed by atoms with Crippen molar-refractivity contribution in [1.29, 1.82) is 5.26 Å². The second-order valence-corrected chi connectivity index (χ2v) is 4.76. The number of benzene rings is 2. The van der Waals surface area contributed by atoms with E-state index in [0.29, 0.717) is 5.56 Å². The molecule has 0 aliphatic rings. The topological polar surface area (TPSA) is 64.9 Å². The first kappa shape index (κ1) is 16.4. The Hall–Kier alpha value is -3.01.